The fourth-order valence-corrected chi connectivity index (χ4v) is 2.97. The molecule has 1 N–H and O–H groups in total. The number of benzene rings is 2. The van der Waals surface area contributed by atoms with E-state index >= 15 is 0 Å². The third-order valence-electron chi connectivity index (χ3n) is 3.48. The van der Waals surface area contributed by atoms with Gasteiger partial charge >= 0.3 is 5.97 Å². The van der Waals surface area contributed by atoms with Crippen LogP contribution in [0.4, 0.5) is 5.69 Å². The summed E-state index contributed by atoms with van der Waals surface area (Å²) in [7, 11) is 0. The molecule has 0 aliphatic carbocycles. The monoisotopic (exact) mass is 373 g/mol. The summed E-state index contributed by atoms with van der Waals surface area (Å²) in [6.45, 7) is 3.78. The maximum absolute atomic E-state index is 12.3. The summed E-state index contributed by atoms with van der Waals surface area (Å²) in [5.74, 6) is 0.778. The Balaban J connectivity index is 1.83. The second kappa shape index (κ2) is 10.5. The zero-order chi connectivity index (χ0) is 18.8. The fraction of sp³-hybridized carbons (Fsp3) is 0.300. The van der Waals surface area contributed by atoms with Crippen molar-refractivity contribution in [2.75, 3.05) is 18.5 Å². The van der Waals surface area contributed by atoms with E-state index in [0.29, 0.717) is 18.0 Å². The lowest BCUT2D eigenvalue weighted by Gasteiger charge is -2.13. The van der Waals surface area contributed by atoms with Crippen molar-refractivity contribution in [2.45, 2.75) is 24.9 Å². The highest BCUT2D eigenvalue weighted by Gasteiger charge is 2.14. The second-order valence-electron chi connectivity index (χ2n) is 5.55. The third kappa shape index (κ3) is 6.80. The van der Waals surface area contributed by atoms with Gasteiger partial charge in [-0.1, -0.05) is 36.4 Å². The molecule has 0 saturated heterocycles. The van der Waals surface area contributed by atoms with Crippen LogP contribution in [0.15, 0.2) is 54.6 Å². The Morgan fingerprint density at radius 2 is 1.88 bits per heavy atom. The van der Waals surface area contributed by atoms with Gasteiger partial charge in [-0.25, -0.2) is 4.79 Å². The van der Waals surface area contributed by atoms with Gasteiger partial charge in [0.1, 0.15) is 5.75 Å². The van der Waals surface area contributed by atoms with Crippen molar-refractivity contribution in [2.24, 2.45) is 0 Å². The number of hydrogen-bond acceptors (Lipinski definition) is 5. The molecule has 0 bridgehead atoms. The minimum atomic E-state index is -0.423. The van der Waals surface area contributed by atoms with Gasteiger partial charge in [0, 0.05) is 17.5 Å². The molecule has 0 spiro atoms. The Morgan fingerprint density at radius 1 is 1.12 bits per heavy atom. The Labute approximate surface area is 158 Å². The van der Waals surface area contributed by atoms with E-state index in [1.54, 1.807) is 43.0 Å². The molecule has 0 aliphatic heterocycles. The number of hydrogen-bond donors (Lipinski definition) is 1. The smallest absolute Gasteiger partial charge is 0.344 e. The molecule has 0 fully saturated rings. The predicted molar refractivity (Wildman–Crippen MR) is 104 cm³/mol. The van der Waals surface area contributed by atoms with Crippen LogP contribution in [-0.2, 0) is 20.1 Å². The number of carbonyl (C=O) groups is 2. The average molecular weight is 373 g/mol. The highest BCUT2D eigenvalue weighted by molar-refractivity contribution is 7.99. The van der Waals surface area contributed by atoms with Gasteiger partial charge in [-0.2, -0.15) is 0 Å². The van der Waals surface area contributed by atoms with Crippen molar-refractivity contribution in [1.29, 1.82) is 0 Å². The van der Waals surface area contributed by atoms with Gasteiger partial charge in [-0.05, 0) is 31.5 Å². The molecule has 1 unspecified atom stereocenters. The molecule has 6 heteroatoms. The number of thioether (sulfide) groups is 1. The summed E-state index contributed by atoms with van der Waals surface area (Å²) in [6, 6.07) is 17.0. The van der Waals surface area contributed by atoms with Gasteiger partial charge in [0.05, 0.1) is 11.9 Å². The lowest BCUT2D eigenvalue weighted by molar-refractivity contribution is -0.145. The molecule has 5 nitrogen and oxygen atoms in total. The first-order chi connectivity index (χ1) is 12.6. The molecule has 138 valence electrons. The van der Waals surface area contributed by atoms with Crippen LogP contribution >= 0.6 is 11.8 Å². The SMILES string of the molecule is CCOC(=O)COc1cccc(NC(=O)C(C)SCc2ccccc2)c1. The number of esters is 1. The number of carbonyl (C=O) groups excluding carboxylic acids is 2. The Hall–Kier alpha value is -2.47. The number of ether oxygens (including phenoxy) is 2. The topological polar surface area (TPSA) is 64.6 Å². The predicted octanol–water partition coefficient (Wildman–Crippen LogP) is 3.89. The van der Waals surface area contributed by atoms with Crippen molar-refractivity contribution >= 4 is 29.3 Å². The van der Waals surface area contributed by atoms with Gasteiger partial charge < -0.3 is 14.8 Å². The van der Waals surface area contributed by atoms with Crippen LogP contribution in [-0.4, -0.2) is 30.3 Å². The van der Waals surface area contributed by atoms with Crippen molar-refractivity contribution in [3.63, 3.8) is 0 Å². The third-order valence-corrected chi connectivity index (χ3v) is 4.69. The number of nitrogens with one attached hydrogen (secondary N) is 1. The molecule has 0 aromatic heterocycles. The van der Waals surface area contributed by atoms with Crippen LogP contribution < -0.4 is 10.1 Å². The first-order valence-corrected chi connectivity index (χ1v) is 9.48. The molecule has 2 aromatic rings. The quantitative estimate of drug-likeness (QED) is 0.676. The van der Waals surface area contributed by atoms with E-state index in [1.807, 2.05) is 37.3 Å². The number of anilines is 1. The van der Waals surface area contributed by atoms with Gasteiger partial charge in [-0.15, -0.1) is 11.8 Å². The molecule has 0 radical (unpaired) electrons. The first-order valence-electron chi connectivity index (χ1n) is 8.43. The van der Waals surface area contributed by atoms with E-state index in [4.69, 9.17) is 9.47 Å². The van der Waals surface area contributed by atoms with Crippen LogP contribution in [0.2, 0.25) is 0 Å². The van der Waals surface area contributed by atoms with Gasteiger partial charge in [0.2, 0.25) is 5.91 Å². The molecule has 26 heavy (non-hydrogen) atoms. The van der Waals surface area contributed by atoms with Crippen LogP contribution in [0.1, 0.15) is 19.4 Å². The van der Waals surface area contributed by atoms with Crippen molar-refractivity contribution < 1.29 is 19.1 Å². The molecule has 2 aromatic carbocycles. The van der Waals surface area contributed by atoms with Crippen LogP contribution in [0.25, 0.3) is 0 Å². The van der Waals surface area contributed by atoms with Gasteiger partial charge in [0.25, 0.3) is 0 Å². The molecule has 1 amide bonds. The van der Waals surface area contributed by atoms with Gasteiger partial charge in [0.15, 0.2) is 6.61 Å². The average Bonchev–Trinajstić information content (AvgIpc) is 2.66. The van der Waals surface area contributed by atoms with Gasteiger partial charge in [-0.3, -0.25) is 4.79 Å². The minimum absolute atomic E-state index is 0.0755. The Kier molecular flexibility index (Phi) is 8.02. The summed E-state index contributed by atoms with van der Waals surface area (Å²) >= 11 is 1.58. The summed E-state index contributed by atoms with van der Waals surface area (Å²) in [5.41, 5.74) is 1.81. The van der Waals surface area contributed by atoms with E-state index in [-0.39, 0.29) is 17.8 Å². The van der Waals surface area contributed by atoms with Crippen LogP contribution in [0, 0.1) is 0 Å². The van der Waals surface area contributed by atoms with Crippen LogP contribution in [0.5, 0.6) is 5.75 Å². The lowest BCUT2D eigenvalue weighted by Crippen LogP contribution is -2.22. The molecular formula is C20H23NO4S. The molecule has 0 saturated carbocycles. The highest BCUT2D eigenvalue weighted by Crippen LogP contribution is 2.21. The van der Waals surface area contributed by atoms with E-state index in [9.17, 15) is 9.59 Å². The molecule has 2 rings (SSSR count). The largest absolute Gasteiger partial charge is 0.482 e. The van der Waals surface area contributed by atoms with E-state index in [0.717, 1.165) is 5.75 Å². The van der Waals surface area contributed by atoms with Crippen molar-refractivity contribution in [3.8, 4) is 5.75 Å². The standard InChI is InChI=1S/C20H23NO4S/c1-3-24-19(22)13-25-18-11-7-10-17(12-18)21-20(23)15(2)26-14-16-8-5-4-6-9-16/h4-12,15H,3,13-14H2,1-2H3,(H,21,23). The second-order valence-corrected chi connectivity index (χ2v) is 6.88. The lowest BCUT2D eigenvalue weighted by atomic mass is 10.2. The highest BCUT2D eigenvalue weighted by atomic mass is 32.2. The van der Waals surface area contributed by atoms with Crippen molar-refractivity contribution in [3.05, 3.63) is 60.2 Å². The molecule has 1 atom stereocenters. The van der Waals surface area contributed by atoms with Crippen LogP contribution in [0.3, 0.4) is 0 Å². The maximum Gasteiger partial charge on any atom is 0.344 e. The normalized spacial score (nSPS) is 11.5. The van der Waals surface area contributed by atoms with E-state index in [2.05, 4.69) is 5.32 Å². The fourth-order valence-electron chi connectivity index (χ4n) is 2.12. The Morgan fingerprint density at radius 3 is 2.62 bits per heavy atom. The summed E-state index contributed by atoms with van der Waals surface area (Å²) < 4.78 is 10.2. The number of amides is 1. The summed E-state index contributed by atoms with van der Waals surface area (Å²) in [4.78, 5) is 23.7. The first kappa shape index (κ1) is 19.8. The maximum atomic E-state index is 12.3. The summed E-state index contributed by atoms with van der Waals surface area (Å²) in [5, 5.41) is 2.68. The number of rotatable bonds is 9. The molecule has 0 aliphatic rings. The Bertz CT molecular complexity index is 721. The van der Waals surface area contributed by atoms with E-state index < -0.39 is 5.97 Å². The van der Waals surface area contributed by atoms with Crippen molar-refractivity contribution in [1.82, 2.24) is 0 Å². The zero-order valence-electron chi connectivity index (χ0n) is 14.9. The zero-order valence-corrected chi connectivity index (χ0v) is 15.8. The summed E-state index contributed by atoms with van der Waals surface area (Å²) in [6.07, 6.45) is 0. The molecular weight excluding hydrogens is 350 g/mol. The molecule has 0 heterocycles. The van der Waals surface area contributed by atoms with E-state index in [1.165, 1.54) is 5.56 Å². The minimum Gasteiger partial charge on any atom is -0.482 e.